The molecular formula is C13H19FN2S. The number of nitrogens with one attached hydrogen (secondary N) is 1. The molecule has 0 fully saturated rings. The molecule has 0 saturated heterocycles. The van der Waals surface area contributed by atoms with E-state index >= 15 is 0 Å². The lowest BCUT2D eigenvalue weighted by atomic mass is 9.97. The van der Waals surface area contributed by atoms with Gasteiger partial charge in [0.2, 0.25) is 0 Å². The van der Waals surface area contributed by atoms with Crippen molar-refractivity contribution in [2.75, 3.05) is 5.32 Å². The smallest absolute Gasteiger partial charge is 0.135 e. The molecule has 3 N–H and O–H groups in total. The lowest BCUT2D eigenvalue weighted by Crippen LogP contribution is -2.32. The van der Waals surface area contributed by atoms with Crippen LogP contribution < -0.4 is 11.1 Å². The summed E-state index contributed by atoms with van der Waals surface area (Å²) in [6.07, 6.45) is 2.04. The summed E-state index contributed by atoms with van der Waals surface area (Å²) in [6.45, 7) is 6.26. The maximum atomic E-state index is 13.7. The quantitative estimate of drug-likeness (QED) is 0.790. The van der Waals surface area contributed by atoms with Crippen LogP contribution in [-0.4, -0.2) is 10.5 Å². The van der Waals surface area contributed by atoms with Crippen molar-refractivity contribution in [1.82, 2.24) is 0 Å². The minimum atomic E-state index is -0.380. The Morgan fingerprint density at radius 2 is 2.12 bits per heavy atom. The van der Waals surface area contributed by atoms with Gasteiger partial charge in [-0.3, -0.25) is 0 Å². The van der Waals surface area contributed by atoms with Crippen LogP contribution in [0.25, 0.3) is 0 Å². The van der Waals surface area contributed by atoms with E-state index in [2.05, 4.69) is 26.1 Å². The van der Waals surface area contributed by atoms with Gasteiger partial charge in [0.15, 0.2) is 0 Å². The van der Waals surface area contributed by atoms with E-state index in [0.717, 1.165) is 12.8 Å². The number of halogens is 1. The summed E-state index contributed by atoms with van der Waals surface area (Å²) in [5.41, 5.74) is 6.41. The Bertz CT molecular complexity index is 416. The second-order valence-electron chi connectivity index (χ2n) is 4.79. The molecule has 4 heteroatoms. The molecule has 0 amide bonds. The molecule has 1 aromatic rings. The first-order valence-electron chi connectivity index (χ1n) is 5.74. The van der Waals surface area contributed by atoms with Crippen LogP contribution in [0.1, 0.15) is 39.2 Å². The molecule has 0 bridgehead atoms. The molecule has 2 nitrogen and oxygen atoms in total. The summed E-state index contributed by atoms with van der Waals surface area (Å²) in [4.78, 5) is 0.0814. The third kappa shape index (κ3) is 3.66. The van der Waals surface area contributed by atoms with E-state index in [-0.39, 0.29) is 16.3 Å². The maximum Gasteiger partial charge on any atom is 0.135 e. The minimum absolute atomic E-state index is 0.0814. The molecule has 17 heavy (non-hydrogen) atoms. The molecule has 0 atom stereocenters. The van der Waals surface area contributed by atoms with E-state index in [1.807, 2.05) is 0 Å². The third-order valence-electron chi connectivity index (χ3n) is 2.61. The summed E-state index contributed by atoms with van der Waals surface area (Å²) in [6, 6.07) is 4.82. The third-order valence-corrected chi connectivity index (χ3v) is 2.81. The Balaban J connectivity index is 3.06. The molecule has 0 spiro atoms. The van der Waals surface area contributed by atoms with Crippen molar-refractivity contribution in [2.24, 2.45) is 5.73 Å². The van der Waals surface area contributed by atoms with Gasteiger partial charge in [-0.25, -0.2) is 4.39 Å². The molecule has 0 unspecified atom stereocenters. The lowest BCUT2D eigenvalue weighted by molar-refractivity contribution is 0.510. The molecule has 0 saturated carbocycles. The van der Waals surface area contributed by atoms with Gasteiger partial charge in [0.05, 0.1) is 5.56 Å². The van der Waals surface area contributed by atoms with Crippen molar-refractivity contribution in [3.05, 3.63) is 29.6 Å². The fourth-order valence-electron chi connectivity index (χ4n) is 1.93. The average Bonchev–Trinajstić information content (AvgIpc) is 2.15. The highest BCUT2D eigenvalue weighted by Crippen LogP contribution is 2.24. The van der Waals surface area contributed by atoms with Crippen LogP contribution >= 0.6 is 12.2 Å². The highest BCUT2D eigenvalue weighted by molar-refractivity contribution is 7.80. The number of thiocarbonyl (C=S) groups is 1. The molecule has 0 heterocycles. The summed E-state index contributed by atoms with van der Waals surface area (Å²) in [7, 11) is 0. The van der Waals surface area contributed by atoms with Crippen molar-refractivity contribution in [3.63, 3.8) is 0 Å². The normalized spacial score (nSPS) is 11.3. The number of rotatable bonds is 5. The van der Waals surface area contributed by atoms with Gasteiger partial charge in [-0.2, -0.15) is 0 Å². The van der Waals surface area contributed by atoms with Crippen LogP contribution in [0.4, 0.5) is 10.1 Å². The van der Waals surface area contributed by atoms with E-state index in [1.165, 1.54) is 6.07 Å². The van der Waals surface area contributed by atoms with Gasteiger partial charge >= 0.3 is 0 Å². The maximum absolute atomic E-state index is 13.7. The highest BCUT2D eigenvalue weighted by atomic mass is 32.1. The largest absolute Gasteiger partial charge is 0.389 e. The Morgan fingerprint density at radius 3 is 2.65 bits per heavy atom. The Morgan fingerprint density at radius 1 is 1.47 bits per heavy atom. The molecule has 0 aliphatic rings. The number of hydrogen-bond acceptors (Lipinski definition) is 2. The number of benzene rings is 1. The predicted molar refractivity (Wildman–Crippen MR) is 74.9 cm³/mol. The van der Waals surface area contributed by atoms with Crippen LogP contribution in [0.15, 0.2) is 18.2 Å². The zero-order chi connectivity index (χ0) is 13.1. The van der Waals surface area contributed by atoms with Gasteiger partial charge in [0.25, 0.3) is 0 Å². The van der Waals surface area contributed by atoms with Crippen LogP contribution in [-0.2, 0) is 0 Å². The van der Waals surface area contributed by atoms with Gasteiger partial charge < -0.3 is 11.1 Å². The second-order valence-corrected chi connectivity index (χ2v) is 5.23. The Hall–Kier alpha value is -1.16. The van der Waals surface area contributed by atoms with Crippen molar-refractivity contribution in [2.45, 2.75) is 39.2 Å². The van der Waals surface area contributed by atoms with Gasteiger partial charge in [0.1, 0.15) is 10.8 Å². The molecule has 94 valence electrons. The summed E-state index contributed by atoms with van der Waals surface area (Å²) < 4.78 is 13.7. The Labute approximate surface area is 107 Å². The highest BCUT2D eigenvalue weighted by Gasteiger charge is 2.19. The van der Waals surface area contributed by atoms with Crippen LogP contribution in [0.5, 0.6) is 0 Å². The molecule has 1 rings (SSSR count). The standard InChI is InChI=1S/C13H19FN2S/c1-4-8-13(2,3)16-10-7-5-6-9(14)11(10)12(15)17/h5-7,16H,4,8H2,1-3H3,(H2,15,17). The SMILES string of the molecule is CCCC(C)(C)Nc1cccc(F)c1C(N)=S. The van der Waals surface area contributed by atoms with Crippen molar-refractivity contribution >= 4 is 22.9 Å². The zero-order valence-electron chi connectivity index (χ0n) is 10.5. The molecule has 0 aliphatic carbocycles. The second kappa shape index (κ2) is 5.45. The number of hydrogen-bond donors (Lipinski definition) is 2. The first-order valence-corrected chi connectivity index (χ1v) is 6.14. The van der Waals surface area contributed by atoms with Gasteiger partial charge in [0, 0.05) is 11.2 Å². The van der Waals surface area contributed by atoms with Crippen LogP contribution in [0.2, 0.25) is 0 Å². The minimum Gasteiger partial charge on any atom is -0.389 e. The first-order chi connectivity index (χ1) is 7.87. The van der Waals surface area contributed by atoms with E-state index in [1.54, 1.807) is 12.1 Å². The van der Waals surface area contributed by atoms with E-state index in [9.17, 15) is 4.39 Å². The molecular weight excluding hydrogens is 235 g/mol. The summed E-state index contributed by atoms with van der Waals surface area (Å²) in [5.74, 6) is -0.380. The van der Waals surface area contributed by atoms with Crippen molar-refractivity contribution in [1.29, 1.82) is 0 Å². The zero-order valence-corrected chi connectivity index (χ0v) is 11.3. The lowest BCUT2D eigenvalue weighted by Gasteiger charge is -2.28. The van der Waals surface area contributed by atoms with Crippen molar-refractivity contribution < 1.29 is 4.39 Å². The fraction of sp³-hybridized carbons (Fsp3) is 0.462. The molecule has 0 aliphatic heterocycles. The Kier molecular flexibility index (Phi) is 4.46. The number of nitrogens with two attached hydrogens (primary N) is 1. The predicted octanol–water partition coefficient (Wildman–Crippen LogP) is 3.45. The fourth-order valence-corrected chi connectivity index (χ4v) is 2.14. The van der Waals surface area contributed by atoms with Gasteiger partial charge in [-0.1, -0.05) is 31.6 Å². The molecule has 1 aromatic carbocycles. The van der Waals surface area contributed by atoms with E-state index in [0.29, 0.717) is 11.3 Å². The van der Waals surface area contributed by atoms with Crippen molar-refractivity contribution in [3.8, 4) is 0 Å². The summed E-state index contributed by atoms with van der Waals surface area (Å²) >= 11 is 4.89. The van der Waals surface area contributed by atoms with Gasteiger partial charge in [-0.15, -0.1) is 0 Å². The van der Waals surface area contributed by atoms with E-state index < -0.39 is 0 Å². The summed E-state index contributed by atoms with van der Waals surface area (Å²) in [5, 5.41) is 3.30. The first kappa shape index (κ1) is 13.9. The molecule has 0 radical (unpaired) electrons. The van der Waals surface area contributed by atoms with Crippen LogP contribution in [0, 0.1) is 5.82 Å². The van der Waals surface area contributed by atoms with E-state index in [4.69, 9.17) is 18.0 Å². The number of anilines is 1. The monoisotopic (exact) mass is 254 g/mol. The topological polar surface area (TPSA) is 38.0 Å². The average molecular weight is 254 g/mol. The molecule has 0 aromatic heterocycles. The van der Waals surface area contributed by atoms with Crippen LogP contribution in [0.3, 0.4) is 0 Å². The van der Waals surface area contributed by atoms with Gasteiger partial charge in [-0.05, 0) is 32.4 Å².